The standard InChI is InChI=1S/C15H26N2O/c1-12(2)16-10-9-15-17-11-14(18-15)8-7-13-5-3-4-6-13/h11-13,16H,3-10H2,1-2H3. The summed E-state index contributed by atoms with van der Waals surface area (Å²) >= 11 is 0. The highest BCUT2D eigenvalue weighted by Gasteiger charge is 2.15. The van der Waals surface area contributed by atoms with E-state index in [1.54, 1.807) is 0 Å². The first kappa shape index (κ1) is 13.6. The van der Waals surface area contributed by atoms with Crippen molar-refractivity contribution < 1.29 is 4.42 Å². The van der Waals surface area contributed by atoms with Gasteiger partial charge in [0.1, 0.15) is 5.76 Å². The summed E-state index contributed by atoms with van der Waals surface area (Å²) in [5.74, 6) is 2.88. The lowest BCUT2D eigenvalue weighted by atomic mass is 10.0. The molecule has 0 atom stereocenters. The maximum Gasteiger partial charge on any atom is 0.195 e. The van der Waals surface area contributed by atoms with Crippen LogP contribution in [0.5, 0.6) is 0 Å². The molecule has 0 amide bonds. The Morgan fingerprint density at radius 3 is 2.83 bits per heavy atom. The van der Waals surface area contributed by atoms with Crippen molar-refractivity contribution in [2.75, 3.05) is 6.54 Å². The molecule has 2 rings (SSSR count). The van der Waals surface area contributed by atoms with Crippen LogP contribution in [0.1, 0.15) is 57.6 Å². The van der Waals surface area contributed by atoms with E-state index in [1.807, 2.05) is 6.20 Å². The molecule has 3 heteroatoms. The Labute approximate surface area is 110 Å². The molecule has 1 N–H and O–H groups in total. The van der Waals surface area contributed by atoms with Gasteiger partial charge in [-0.15, -0.1) is 0 Å². The van der Waals surface area contributed by atoms with Gasteiger partial charge in [-0.2, -0.15) is 0 Å². The average molecular weight is 250 g/mol. The lowest BCUT2D eigenvalue weighted by molar-refractivity contribution is 0.417. The number of nitrogens with zero attached hydrogens (tertiary/aromatic N) is 1. The van der Waals surface area contributed by atoms with Gasteiger partial charge < -0.3 is 9.73 Å². The monoisotopic (exact) mass is 250 g/mol. The molecule has 0 aromatic carbocycles. The molecule has 18 heavy (non-hydrogen) atoms. The molecule has 3 nitrogen and oxygen atoms in total. The Balaban J connectivity index is 1.68. The van der Waals surface area contributed by atoms with E-state index in [2.05, 4.69) is 24.1 Å². The summed E-state index contributed by atoms with van der Waals surface area (Å²) in [6.45, 7) is 5.26. The minimum absolute atomic E-state index is 0.529. The van der Waals surface area contributed by atoms with E-state index in [0.29, 0.717) is 6.04 Å². The molecule has 102 valence electrons. The second-order valence-corrected chi connectivity index (χ2v) is 5.77. The lowest BCUT2D eigenvalue weighted by Crippen LogP contribution is -2.24. The summed E-state index contributed by atoms with van der Waals surface area (Å²) < 4.78 is 5.77. The predicted molar refractivity (Wildman–Crippen MR) is 73.6 cm³/mol. The van der Waals surface area contributed by atoms with Gasteiger partial charge in [-0.1, -0.05) is 39.5 Å². The number of nitrogens with one attached hydrogen (secondary N) is 1. The fourth-order valence-corrected chi connectivity index (χ4v) is 2.69. The van der Waals surface area contributed by atoms with Crippen LogP contribution in [-0.4, -0.2) is 17.6 Å². The molecule has 1 fully saturated rings. The molecule has 1 saturated carbocycles. The van der Waals surface area contributed by atoms with Crippen molar-refractivity contribution in [2.24, 2.45) is 5.92 Å². The SMILES string of the molecule is CC(C)NCCc1ncc(CCC2CCCC2)o1. The second kappa shape index (κ2) is 6.93. The molecule has 1 aromatic rings. The Morgan fingerprint density at radius 1 is 1.33 bits per heavy atom. The quantitative estimate of drug-likeness (QED) is 0.806. The first-order valence-electron chi connectivity index (χ1n) is 7.41. The van der Waals surface area contributed by atoms with Crippen LogP contribution in [0.15, 0.2) is 10.6 Å². The number of oxazole rings is 1. The maximum absolute atomic E-state index is 5.77. The Kier molecular flexibility index (Phi) is 5.24. The van der Waals surface area contributed by atoms with Crippen molar-refractivity contribution >= 4 is 0 Å². The van der Waals surface area contributed by atoms with Gasteiger partial charge in [0.2, 0.25) is 0 Å². The largest absolute Gasteiger partial charge is 0.446 e. The summed E-state index contributed by atoms with van der Waals surface area (Å²) in [5, 5.41) is 3.38. The zero-order valence-electron chi connectivity index (χ0n) is 11.7. The summed E-state index contributed by atoms with van der Waals surface area (Å²) in [4.78, 5) is 4.35. The predicted octanol–water partition coefficient (Wildman–Crippen LogP) is 3.34. The molecule has 0 saturated heterocycles. The van der Waals surface area contributed by atoms with Crippen LogP contribution in [0.3, 0.4) is 0 Å². The zero-order chi connectivity index (χ0) is 12.8. The number of aromatic nitrogens is 1. The highest BCUT2D eigenvalue weighted by Crippen LogP contribution is 2.28. The molecule has 0 aliphatic heterocycles. The van der Waals surface area contributed by atoms with Crippen molar-refractivity contribution in [3.8, 4) is 0 Å². The van der Waals surface area contributed by atoms with Crippen LogP contribution in [0.25, 0.3) is 0 Å². The van der Waals surface area contributed by atoms with Crippen LogP contribution < -0.4 is 5.32 Å². The van der Waals surface area contributed by atoms with E-state index < -0.39 is 0 Å². The Morgan fingerprint density at radius 2 is 2.11 bits per heavy atom. The first-order valence-corrected chi connectivity index (χ1v) is 7.41. The van der Waals surface area contributed by atoms with Crippen LogP contribution in [0.2, 0.25) is 0 Å². The van der Waals surface area contributed by atoms with E-state index in [-0.39, 0.29) is 0 Å². The second-order valence-electron chi connectivity index (χ2n) is 5.77. The van der Waals surface area contributed by atoms with Crippen molar-refractivity contribution in [3.63, 3.8) is 0 Å². The maximum atomic E-state index is 5.77. The van der Waals surface area contributed by atoms with Crippen molar-refractivity contribution in [1.82, 2.24) is 10.3 Å². The topological polar surface area (TPSA) is 38.1 Å². The van der Waals surface area contributed by atoms with Crippen molar-refractivity contribution in [2.45, 2.75) is 64.8 Å². The van der Waals surface area contributed by atoms with Gasteiger partial charge in [0.25, 0.3) is 0 Å². The minimum Gasteiger partial charge on any atom is -0.446 e. The number of rotatable bonds is 7. The van der Waals surface area contributed by atoms with E-state index in [1.165, 1.54) is 32.1 Å². The van der Waals surface area contributed by atoms with E-state index in [0.717, 1.165) is 37.0 Å². The molecule has 0 bridgehead atoms. The first-order chi connectivity index (χ1) is 8.74. The van der Waals surface area contributed by atoms with Crippen LogP contribution in [0.4, 0.5) is 0 Å². The molecule has 1 heterocycles. The van der Waals surface area contributed by atoms with Gasteiger partial charge in [-0.05, 0) is 12.3 Å². The summed E-state index contributed by atoms with van der Waals surface area (Å²) in [5.41, 5.74) is 0. The number of hydrogen-bond donors (Lipinski definition) is 1. The van der Waals surface area contributed by atoms with Gasteiger partial charge >= 0.3 is 0 Å². The highest BCUT2D eigenvalue weighted by molar-refractivity contribution is 4.95. The number of hydrogen-bond acceptors (Lipinski definition) is 3. The van der Waals surface area contributed by atoms with Crippen molar-refractivity contribution in [3.05, 3.63) is 17.8 Å². The molecule has 0 spiro atoms. The fraction of sp³-hybridized carbons (Fsp3) is 0.800. The third-order valence-corrected chi connectivity index (χ3v) is 3.77. The van der Waals surface area contributed by atoms with Crippen molar-refractivity contribution in [1.29, 1.82) is 0 Å². The Hall–Kier alpha value is -0.830. The minimum atomic E-state index is 0.529. The molecular formula is C15H26N2O. The Bertz CT molecular complexity index is 340. The lowest BCUT2D eigenvalue weighted by Gasteiger charge is -2.06. The van der Waals surface area contributed by atoms with Gasteiger partial charge in [0.05, 0.1) is 6.20 Å². The van der Waals surface area contributed by atoms with E-state index in [9.17, 15) is 0 Å². The molecule has 1 aliphatic rings. The van der Waals surface area contributed by atoms with Gasteiger partial charge in [0.15, 0.2) is 5.89 Å². The summed E-state index contributed by atoms with van der Waals surface area (Å²) in [7, 11) is 0. The molecule has 0 unspecified atom stereocenters. The number of aryl methyl sites for hydroxylation is 1. The van der Waals surface area contributed by atoms with Crippen LogP contribution in [-0.2, 0) is 12.8 Å². The van der Waals surface area contributed by atoms with E-state index >= 15 is 0 Å². The summed E-state index contributed by atoms with van der Waals surface area (Å²) in [6, 6.07) is 0.529. The molecule has 1 aromatic heterocycles. The van der Waals surface area contributed by atoms with Crippen LogP contribution in [0, 0.1) is 5.92 Å². The van der Waals surface area contributed by atoms with Gasteiger partial charge in [-0.25, -0.2) is 4.98 Å². The zero-order valence-corrected chi connectivity index (χ0v) is 11.7. The molecule has 0 radical (unpaired) electrons. The average Bonchev–Trinajstić information content (AvgIpc) is 2.96. The highest BCUT2D eigenvalue weighted by atomic mass is 16.4. The summed E-state index contributed by atoms with van der Waals surface area (Å²) in [6.07, 6.45) is 10.8. The normalized spacial score (nSPS) is 16.8. The smallest absolute Gasteiger partial charge is 0.195 e. The van der Waals surface area contributed by atoms with Gasteiger partial charge in [0, 0.05) is 25.4 Å². The van der Waals surface area contributed by atoms with Crippen LogP contribution >= 0.6 is 0 Å². The molecular weight excluding hydrogens is 224 g/mol. The molecule has 1 aliphatic carbocycles. The third kappa shape index (κ3) is 4.45. The van der Waals surface area contributed by atoms with Gasteiger partial charge in [-0.3, -0.25) is 0 Å². The third-order valence-electron chi connectivity index (χ3n) is 3.77. The van der Waals surface area contributed by atoms with E-state index in [4.69, 9.17) is 4.42 Å². The fourth-order valence-electron chi connectivity index (χ4n) is 2.69.